The van der Waals surface area contributed by atoms with Gasteiger partial charge in [0.05, 0.1) is 10.2 Å². The molecule has 8 heteroatoms. The van der Waals surface area contributed by atoms with E-state index in [9.17, 15) is 4.79 Å². The molecule has 0 saturated heterocycles. The van der Waals surface area contributed by atoms with Gasteiger partial charge in [-0.25, -0.2) is 4.98 Å². The first-order chi connectivity index (χ1) is 13.0. The Kier molecular flexibility index (Phi) is 8.89. The predicted octanol–water partition coefficient (Wildman–Crippen LogP) is 6.23. The molecule has 0 aliphatic heterocycles. The van der Waals surface area contributed by atoms with Crippen LogP contribution < -0.4 is 4.90 Å². The van der Waals surface area contributed by atoms with Crippen molar-refractivity contribution in [2.24, 2.45) is 0 Å². The van der Waals surface area contributed by atoms with E-state index in [0.717, 1.165) is 43.9 Å². The van der Waals surface area contributed by atoms with Crippen molar-refractivity contribution in [1.82, 2.24) is 9.88 Å². The van der Waals surface area contributed by atoms with Crippen LogP contribution in [-0.2, 0) is 0 Å². The van der Waals surface area contributed by atoms with Crippen LogP contribution in [0, 0.1) is 0 Å². The fourth-order valence-corrected chi connectivity index (χ4v) is 4.79. The number of fused-ring (bicyclic) bond motifs is 1. The van der Waals surface area contributed by atoms with Gasteiger partial charge >= 0.3 is 0 Å². The minimum Gasteiger partial charge on any atom is -0.302 e. The van der Waals surface area contributed by atoms with E-state index in [1.807, 2.05) is 42.5 Å². The van der Waals surface area contributed by atoms with Crippen molar-refractivity contribution in [3.63, 3.8) is 0 Å². The fraction of sp³-hybridized carbons (Fsp3) is 0.300. The number of nitrogens with zero attached hydrogens (tertiary/aromatic N) is 3. The fourth-order valence-electron chi connectivity index (χ4n) is 2.84. The molecule has 2 aromatic carbocycles. The highest BCUT2D eigenvalue weighted by atomic mass is 79.9. The van der Waals surface area contributed by atoms with Gasteiger partial charge in [-0.1, -0.05) is 63.1 Å². The monoisotopic (exact) mass is 545 g/mol. The molecule has 0 fully saturated rings. The Morgan fingerprint density at radius 1 is 1.04 bits per heavy atom. The van der Waals surface area contributed by atoms with Crippen LogP contribution in [0.3, 0.4) is 0 Å². The molecular formula is C20H22Br2ClN3OS. The molecule has 1 heterocycles. The smallest absolute Gasteiger partial charge is 0.260 e. The molecule has 28 heavy (non-hydrogen) atoms. The van der Waals surface area contributed by atoms with Gasteiger partial charge in [0.15, 0.2) is 5.13 Å². The lowest BCUT2D eigenvalue weighted by Crippen LogP contribution is -2.38. The Balaban J connectivity index is 0.00000280. The van der Waals surface area contributed by atoms with Crippen LogP contribution in [0.4, 0.5) is 5.13 Å². The summed E-state index contributed by atoms with van der Waals surface area (Å²) in [5, 5.41) is 0.736. The van der Waals surface area contributed by atoms with Crippen LogP contribution in [0.25, 0.3) is 10.2 Å². The Morgan fingerprint density at radius 2 is 1.75 bits per heavy atom. The molecule has 0 saturated carbocycles. The van der Waals surface area contributed by atoms with E-state index in [0.29, 0.717) is 12.1 Å². The van der Waals surface area contributed by atoms with E-state index in [1.54, 1.807) is 16.2 Å². The molecule has 0 atom stereocenters. The molecule has 150 valence electrons. The van der Waals surface area contributed by atoms with Crippen molar-refractivity contribution in [3.8, 4) is 0 Å². The average molecular weight is 548 g/mol. The highest BCUT2D eigenvalue weighted by Crippen LogP contribution is 2.31. The summed E-state index contributed by atoms with van der Waals surface area (Å²) >= 11 is 8.51. The van der Waals surface area contributed by atoms with Crippen molar-refractivity contribution >= 4 is 76.9 Å². The number of hydrogen-bond acceptors (Lipinski definition) is 4. The first kappa shape index (κ1) is 23.3. The molecule has 1 amide bonds. The summed E-state index contributed by atoms with van der Waals surface area (Å²) in [5.41, 5.74) is 1.57. The summed E-state index contributed by atoms with van der Waals surface area (Å²) in [6.07, 6.45) is 0. The largest absolute Gasteiger partial charge is 0.302 e. The van der Waals surface area contributed by atoms with Crippen molar-refractivity contribution < 1.29 is 4.79 Å². The quantitative estimate of drug-likeness (QED) is 0.352. The second-order valence-electron chi connectivity index (χ2n) is 6.10. The predicted molar refractivity (Wildman–Crippen MR) is 128 cm³/mol. The SMILES string of the molecule is CCN(CC)CCN(C(=O)c1cccc(Br)c1)c1nc2ccc(Br)cc2s1.Cl. The van der Waals surface area contributed by atoms with Crippen LogP contribution >= 0.6 is 55.6 Å². The van der Waals surface area contributed by atoms with E-state index in [-0.39, 0.29) is 18.3 Å². The van der Waals surface area contributed by atoms with Gasteiger partial charge in [0.1, 0.15) is 0 Å². The summed E-state index contributed by atoms with van der Waals surface area (Å²) in [5.74, 6) is -0.0263. The molecule has 4 nitrogen and oxygen atoms in total. The Labute approximate surface area is 192 Å². The normalized spacial score (nSPS) is 10.9. The van der Waals surface area contributed by atoms with Crippen molar-refractivity contribution in [3.05, 3.63) is 57.0 Å². The van der Waals surface area contributed by atoms with E-state index >= 15 is 0 Å². The molecule has 0 bridgehead atoms. The highest BCUT2D eigenvalue weighted by Gasteiger charge is 2.22. The average Bonchev–Trinajstić information content (AvgIpc) is 3.07. The highest BCUT2D eigenvalue weighted by molar-refractivity contribution is 9.10. The van der Waals surface area contributed by atoms with Gasteiger partial charge in [0, 0.05) is 27.6 Å². The third-order valence-electron chi connectivity index (χ3n) is 4.42. The third-order valence-corrected chi connectivity index (χ3v) is 6.45. The summed E-state index contributed by atoms with van der Waals surface area (Å²) in [4.78, 5) is 22.1. The molecule has 0 spiro atoms. The minimum atomic E-state index is -0.0263. The molecule has 1 aromatic heterocycles. The molecule has 3 rings (SSSR count). The number of thiazole rings is 1. The van der Waals surface area contributed by atoms with Crippen molar-refractivity contribution in [2.45, 2.75) is 13.8 Å². The Hall–Kier alpha value is -0.990. The van der Waals surface area contributed by atoms with Gasteiger partial charge in [-0.15, -0.1) is 12.4 Å². The van der Waals surface area contributed by atoms with Crippen LogP contribution in [0.2, 0.25) is 0 Å². The third kappa shape index (κ3) is 5.54. The standard InChI is InChI=1S/C20H21Br2N3OS.ClH/c1-3-24(4-2)10-11-25(19(26)14-6-5-7-15(21)12-14)20-23-17-9-8-16(22)13-18(17)27-20;/h5-9,12-13H,3-4,10-11H2,1-2H3;1H. The van der Waals surface area contributed by atoms with Crippen molar-refractivity contribution in [1.29, 1.82) is 0 Å². The summed E-state index contributed by atoms with van der Waals surface area (Å²) < 4.78 is 2.97. The number of halogens is 3. The van der Waals surface area contributed by atoms with E-state index < -0.39 is 0 Å². The lowest BCUT2D eigenvalue weighted by atomic mass is 10.2. The number of amides is 1. The van der Waals surface area contributed by atoms with E-state index in [2.05, 4.69) is 50.6 Å². The Morgan fingerprint density at radius 3 is 2.43 bits per heavy atom. The zero-order chi connectivity index (χ0) is 19.4. The van der Waals surface area contributed by atoms with Crippen LogP contribution in [0.1, 0.15) is 24.2 Å². The molecule has 0 radical (unpaired) electrons. The van der Waals surface area contributed by atoms with Crippen LogP contribution in [-0.4, -0.2) is 42.0 Å². The van der Waals surface area contributed by atoms with E-state index in [1.165, 1.54) is 0 Å². The number of benzene rings is 2. The minimum absolute atomic E-state index is 0. The number of hydrogen-bond donors (Lipinski definition) is 0. The van der Waals surface area contributed by atoms with Gasteiger partial charge in [0.2, 0.25) is 0 Å². The zero-order valence-corrected chi connectivity index (χ0v) is 20.5. The Bertz CT molecular complexity index is 946. The topological polar surface area (TPSA) is 36.4 Å². The van der Waals surface area contributed by atoms with Crippen LogP contribution in [0.5, 0.6) is 0 Å². The number of rotatable bonds is 7. The number of carbonyl (C=O) groups is 1. The second kappa shape index (κ2) is 10.7. The molecule has 0 N–H and O–H groups in total. The lowest BCUT2D eigenvalue weighted by molar-refractivity contribution is 0.0983. The molecule has 0 unspecified atom stereocenters. The molecular weight excluding hydrogens is 526 g/mol. The summed E-state index contributed by atoms with van der Waals surface area (Å²) in [6, 6.07) is 13.5. The van der Waals surface area contributed by atoms with Gasteiger partial charge in [-0.2, -0.15) is 0 Å². The summed E-state index contributed by atoms with van der Waals surface area (Å²) in [7, 11) is 0. The van der Waals surface area contributed by atoms with Gasteiger partial charge in [-0.05, 0) is 49.5 Å². The molecule has 0 aliphatic carbocycles. The van der Waals surface area contributed by atoms with E-state index in [4.69, 9.17) is 4.98 Å². The number of carbonyl (C=O) groups excluding carboxylic acids is 1. The van der Waals surface area contributed by atoms with Gasteiger partial charge in [-0.3, -0.25) is 9.69 Å². The first-order valence-electron chi connectivity index (χ1n) is 8.87. The second-order valence-corrected chi connectivity index (χ2v) is 8.94. The van der Waals surface area contributed by atoms with Gasteiger partial charge < -0.3 is 4.90 Å². The maximum absolute atomic E-state index is 13.3. The molecule has 0 aliphatic rings. The zero-order valence-electron chi connectivity index (χ0n) is 15.7. The molecule has 3 aromatic rings. The van der Waals surface area contributed by atoms with Crippen molar-refractivity contribution in [2.75, 3.05) is 31.1 Å². The van der Waals surface area contributed by atoms with Gasteiger partial charge in [0.25, 0.3) is 5.91 Å². The lowest BCUT2D eigenvalue weighted by Gasteiger charge is -2.24. The maximum Gasteiger partial charge on any atom is 0.260 e. The number of aromatic nitrogens is 1. The van der Waals surface area contributed by atoms with Crippen LogP contribution in [0.15, 0.2) is 51.4 Å². The first-order valence-corrected chi connectivity index (χ1v) is 11.3. The number of likely N-dealkylation sites (N-methyl/N-ethyl adjacent to an activating group) is 1. The number of anilines is 1. The summed E-state index contributed by atoms with van der Waals surface area (Å²) in [6.45, 7) is 7.61. The maximum atomic E-state index is 13.3.